The van der Waals surface area contributed by atoms with Gasteiger partial charge < -0.3 is 14.9 Å². The molecule has 2 N–H and O–H groups in total. The van der Waals surface area contributed by atoms with Gasteiger partial charge in [-0.1, -0.05) is 47.1 Å². The van der Waals surface area contributed by atoms with E-state index in [1.807, 2.05) is 13.0 Å². The van der Waals surface area contributed by atoms with Crippen molar-refractivity contribution in [3.8, 4) is 0 Å². The quantitative estimate of drug-likeness (QED) is 0.348. The highest BCUT2D eigenvalue weighted by atomic mass is 16.5. The van der Waals surface area contributed by atoms with Crippen molar-refractivity contribution in [1.29, 1.82) is 0 Å². The summed E-state index contributed by atoms with van der Waals surface area (Å²) in [5.41, 5.74) is -0.553. The van der Waals surface area contributed by atoms with E-state index in [4.69, 9.17) is 9.84 Å². The Bertz CT molecular complexity index is 1200. The number of esters is 1. The minimum Gasteiger partial charge on any atom is -0.481 e. The van der Waals surface area contributed by atoms with Crippen LogP contribution in [0.3, 0.4) is 0 Å². The second-order valence-electron chi connectivity index (χ2n) is 16.3. The lowest BCUT2D eigenvalue weighted by Gasteiger charge is -2.70. The summed E-state index contributed by atoms with van der Waals surface area (Å²) in [6.45, 7) is 15.5. The molecule has 9 atom stereocenters. The molecule has 7 nitrogen and oxygen atoms in total. The molecule has 0 aromatic carbocycles. The smallest absolute Gasteiger partial charge is 0.309 e. The zero-order valence-electron chi connectivity index (χ0n) is 26.1. The third-order valence-corrected chi connectivity index (χ3v) is 13.8. The van der Waals surface area contributed by atoms with Gasteiger partial charge in [-0.15, -0.1) is 0 Å². The molecule has 5 aliphatic rings. The Morgan fingerprint density at radius 1 is 0.878 bits per heavy atom. The number of carbonyl (C=O) groups excluding carboxylic acids is 2. The number of fused-ring (bicyclic) bond motifs is 7. The molecule has 228 valence electrons. The number of carbonyl (C=O) groups is 4. The van der Waals surface area contributed by atoms with Crippen LogP contribution in [0.2, 0.25) is 0 Å². The molecule has 0 aliphatic heterocycles. The van der Waals surface area contributed by atoms with Gasteiger partial charge in [0.25, 0.3) is 0 Å². The molecule has 0 amide bonds. The Kier molecular flexibility index (Phi) is 6.95. The summed E-state index contributed by atoms with van der Waals surface area (Å²) in [6, 6.07) is 0. The zero-order valence-corrected chi connectivity index (χ0v) is 26.1. The van der Waals surface area contributed by atoms with E-state index in [9.17, 15) is 24.3 Å². The fourth-order valence-corrected chi connectivity index (χ4v) is 11.0. The molecule has 7 heteroatoms. The highest BCUT2D eigenvalue weighted by Gasteiger charge is 2.70. The Morgan fingerprint density at radius 3 is 2.17 bits per heavy atom. The van der Waals surface area contributed by atoms with Crippen LogP contribution in [-0.4, -0.2) is 40.0 Å². The SMILES string of the molecule is CC1(C)[C@H]2CC[C@@]3(C)C(C(=O)C=C4[C@H]5C[C@](C)(C(=O)O)CC[C@@]5(C)CC[C@@]43C)[C@]2(C)CC[C@H]1OC(=O)CCC(=O)O. The highest BCUT2D eigenvalue weighted by Crippen LogP contribution is 2.75. The van der Waals surface area contributed by atoms with E-state index in [0.717, 1.165) is 38.5 Å². The molecule has 0 heterocycles. The lowest BCUT2D eigenvalue weighted by atomic mass is 9.33. The third-order valence-electron chi connectivity index (χ3n) is 13.8. The normalized spacial score (nSPS) is 46.6. The summed E-state index contributed by atoms with van der Waals surface area (Å²) < 4.78 is 5.91. The van der Waals surface area contributed by atoms with Gasteiger partial charge in [-0.2, -0.15) is 0 Å². The Balaban J connectivity index is 1.49. The summed E-state index contributed by atoms with van der Waals surface area (Å²) in [7, 11) is 0. The van der Waals surface area contributed by atoms with Crippen molar-refractivity contribution >= 4 is 23.7 Å². The number of carboxylic acid groups (broad SMARTS) is 2. The van der Waals surface area contributed by atoms with E-state index in [-0.39, 0.29) is 69.6 Å². The van der Waals surface area contributed by atoms with Gasteiger partial charge >= 0.3 is 17.9 Å². The first-order chi connectivity index (χ1) is 18.8. The summed E-state index contributed by atoms with van der Waals surface area (Å²) in [6.07, 6.45) is 8.80. The molecule has 4 fully saturated rings. The van der Waals surface area contributed by atoms with Gasteiger partial charge in [0.1, 0.15) is 6.10 Å². The van der Waals surface area contributed by atoms with Crippen molar-refractivity contribution in [2.24, 2.45) is 50.2 Å². The first-order valence-corrected chi connectivity index (χ1v) is 15.7. The van der Waals surface area contributed by atoms with Crippen LogP contribution in [0.5, 0.6) is 0 Å². The van der Waals surface area contributed by atoms with Crippen LogP contribution in [0.15, 0.2) is 11.6 Å². The standard InChI is InChI=1S/C34H50O7/c1-29(2)23-10-13-34(7)27(32(23,5)12-11-24(29)41-26(38)9-8-25(36)37)22(35)18-20-21-19-31(4,28(39)40)15-14-30(21,3)16-17-33(20,34)6/h18,21,23-24,27H,8-17,19H2,1-7H3,(H,36,37)(H,39,40)/t21-,23-,24-,27?,30+,31-,32-,33+,34+/m1/s1. The average molecular weight is 571 g/mol. The van der Waals surface area contributed by atoms with Crippen molar-refractivity contribution in [3.05, 3.63) is 11.6 Å². The Hall–Kier alpha value is -2.18. The number of carboxylic acids is 2. The molecule has 5 rings (SSSR count). The summed E-state index contributed by atoms with van der Waals surface area (Å²) >= 11 is 0. The van der Waals surface area contributed by atoms with E-state index in [0.29, 0.717) is 19.3 Å². The number of rotatable bonds is 5. The number of ether oxygens (including phenoxy) is 1. The molecule has 0 bridgehead atoms. The zero-order chi connectivity index (χ0) is 30.4. The molecule has 0 radical (unpaired) electrons. The minimum atomic E-state index is -1.01. The van der Waals surface area contributed by atoms with Crippen molar-refractivity contribution in [1.82, 2.24) is 0 Å². The summed E-state index contributed by atoms with van der Waals surface area (Å²) in [5, 5.41) is 19.1. The van der Waals surface area contributed by atoms with Crippen molar-refractivity contribution in [2.45, 2.75) is 125 Å². The van der Waals surface area contributed by atoms with Crippen LogP contribution in [0.1, 0.15) is 119 Å². The molecule has 5 aliphatic carbocycles. The van der Waals surface area contributed by atoms with Gasteiger partial charge in [0.2, 0.25) is 0 Å². The fraction of sp³-hybridized carbons (Fsp3) is 0.824. The molecule has 4 saturated carbocycles. The molecule has 41 heavy (non-hydrogen) atoms. The first kappa shape index (κ1) is 30.3. The molecule has 0 aromatic rings. The van der Waals surface area contributed by atoms with E-state index >= 15 is 0 Å². The topological polar surface area (TPSA) is 118 Å². The molecule has 0 spiro atoms. The van der Waals surface area contributed by atoms with Crippen LogP contribution in [0.4, 0.5) is 0 Å². The van der Waals surface area contributed by atoms with Gasteiger partial charge in [0, 0.05) is 11.3 Å². The maximum Gasteiger partial charge on any atom is 0.309 e. The van der Waals surface area contributed by atoms with Gasteiger partial charge in [-0.25, -0.2) is 0 Å². The molecule has 0 saturated heterocycles. The van der Waals surface area contributed by atoms with E-state index in [2.05, 4.69) is 41.5 Å². The predicted molar refractivity (Wildman–Crippen MR) is 154 cm³/mol. The minimum absolute atomic E-state index is 0.0233. The number of hydrogen-bond donors (Lipinski definition) is 2. The number of allylic oxidation sites excluding steroid dienone is 2. The predicted octanol–water partition coefficient (Wildman–Crippen LogP) is 6.83. The fourth-order valence-electron chi connectivity index (χ4n) is 11.0. The Morgan fingerprint density at radius 2 is 1.54 bits per heavy atom. The Labute approximate surface area is 244 Å². The second-order valence-corrected chi connectivity index (χ2v) is 16.3. The van der Waals surface area contributed by atoms with Crippen molar-refractivity contribution in [2.75, 3.05) is 0 Å². The number of aliphatic carboxylic acids is 2. The monoisotopic (exact) mass is 570 g/mol. The largest absolute Gasteiger partial charge is 0.481 e. The average Bonchev–Trinajstić information content (AvgIpc) is 2.86. The van der Waals surface area contributed by atoms with E-state index < -0.39 is 23.3 Å². The van der Waals surface area contributed by atoms with E-state index in [1.54, 1.807) is 0 Å². The van der Waals surface area contributed by atoms with Crippen LogP contribution >= 0.6 is 0 Å². The third kappa shape index (κ3) is 4.25. The second kappa shape index (κ2) is 9.41. The van der Waals surface area contributed by atoms with Crippen molar-refractivity contribution < 1.29 is 34.1 Å². The van der Waals surface area contributed by atoms with Crippen LogP contribution < -0.4 is 0 Å². The maximum absolute atomic E-state index is 14.5. The number of ketones is 1. The van der Waals surface area contributed by atoms with Crippen LogP contribution in [-0.2, 0) is 23.9 Å². The summed E-state index contributed by atoms with van der Waals surface area (Å²) in [5.74, 6) is -1.87. The highest BCUT2D eigenvalue weighted by molar-refractivity contribution is 5.95. The molecular weight excluding hydrogens is 520 g/mol. The number of hydrogen-bond acceptors (Lipinski definition) is 5. The molecular formula is C34H50O7. The van der Waals surface area contributed by atoms with Crippen LogP contribution in [0.25, 0.3) is 0 Å². The summed E-state index contributed by atoms with van der Waals surface area (Å²) in [4.78, 5) is 50.3. The van der Waals surface area contributed by atoms with Gasteiger partial charge in [0.05, 0.1) is 18.3 Å². The molecule has 1 unspecified atom stereocenters. The van der Waals surface area contributed by atoms with Gasteiger partial charge in [0.15, 0.2) is 5.78 Å². The maximum atomic E-state index is 14.5. The first-order valence-electron chi connectivity index (χ1n) is 15.7. The van der Waals surface area contributed by atoms with Gasteiger partial charge in [-0.3, -0.25) is 19.2 Å². The van der Waals surface area contributed by atoms with E-state index in [1.165, 1.54) is 5.57 Å². The van der Waals surface area contributed by atoms with Crippen LogP contribution in [0, 0.1) is 50.2 Å². The van der Waals surface area contributed by atoms with Gasteiger partial charge in [-0.05, 0) is 104 Å². The lowest BCUT2D eigenvalue weighted by molar-refractivity contribution is -0.211. The van der Waals surface area contributed by atoms with Crippen molar-refractivity contribution in [3.63, 3.8) is 0 Å². The molecule has 0 aromatic heterocycles. The lowest BCUT2D eigenvalue weighted by Crippen LogP contribution is -2.66.